The molecular formula is C20H17BrN4O3. The third-order valence-corrected chi connectivity index (χ3v) is 5.26. The number of para-hydroxylation sites is 1. The predicted molar refractivity (Wildman–Crippen MR) is 110 cm³/mol. The van der Waals surface area contributed by atoms with Crippen molar-refractivity contribution in [2.45, 2.75) is 6.54 Å². The molecule has 0 fully saturated rings. The van der Waals surface area contributed by atoms with Gasteiger partial charge in [-0.15, -0.1) is 0 Å². The Morgan fingerprint density at radius 2 is 1.57 bits per heavy atom. The van der Waals surface area contributed by atoms with Gasteiger partial charge in [0.05, 0.1) is 6.54 Å². The van der Waals surface area contributed by atoms with Crippen LogP contribution in [0.2, 0.25) is 0 Å². The molecule has 0 saturated carbocycles. The molecule has 2 aromatic carbocycles. The smallest absolute Gasteiger partial charge is 0.332 e. The Morgan fingerprint density at radius 3 is 2.25 bits per heavy atom. The average Bonchev–Trinajstić information content (AvgIpc) is 3.00. The number of halogens is 1. The van der Waals surface area contributed by atoms with Crippen LogP contribution in [0.1, 0.15) is 5.56 Å². The first-order valence-electron chi connectivity index (χ1n) is 8.59. The van der Waals surface area contributed by atoms with Crippen LogP contribution < -0.4 is 16.0 Å². The minimum absolute atomic E-state index is 0.163. The van der Waals surface area contributed by atoms with Crippen LogP contribution in [0.3, 0.4) is 0 Å². The Hall–Kier alpha value is -3.13. The number of aromatic nitrogens is 4. The normalized spacial score (nSPS) is 11.1. The molecule has 0 aliphatic carbocycles. The Balaban J connectivity index is 1.68. The highest BCUT2D eigenvalue weighted by molar-refractivity contribution is 9.10. The van der Waals surface area contributed by atoms with E-state index < -0.39 is 5.69 Å². The number of hydrogen-bond acceptors (Lipinski definition) is 4. The second-order valence-electron chi connectivity index (χ2n) is 6.40. The summed E-state index contributed by atoms with van der Waals surface area (Å²) >= 11 is 3.30. The van der Waals surface area contributed by atoms with Crippen LogP contribution in [-0.2, 0) is 20.6 Å². The molecule has 4 rings (SSSR count). The quantitative estimate of drug-likeness (QED) is 0.457. The summed E-state index contributed by atoms with van der Waals surface area (Å²) in [5.41, 5.74) is 0.765. The number of aryl methyl sites for hydroxylation is 2. The Labute approximate surface area is 168 Å². The first kappa shape index (κ1) is 18.2. The minimum Gasteiger partial charge on any atom is -0.457 e. The molecule has 0 aliphatic rings. The van der Waals surface area contributed by atoms with Crippen LogP contribution in [0.4, 0.5) is 0 Å². The summed E-state index contributed by atoms with van der Waals surface area (Å²) in [5, 5.41) is 0. The van der Waals surface area contributed by atoms with Crippen LogP contribution in [0, 0.1) is 0 Å². The summed E-state index contributed by atoms with van der Waals surface area (Å²) in [6, 6.07) is 16.8. The van der Waals surface area contributed by atoms with Gasteiger partial charge >= 0.3 is 5.69 Å². The third kappa shape index (κ3) is 3.16. The van der Waals surface area contributed by atoms with E-state index in [0.717, 1.165) is 11.3 Å². The van der Waals surface area contributed by atoms with E-state index in [1.807, 2.05) is 54.6 Å². The topological polar surface area (TPSA) is 71.1 Å². The van der Waals surface area contributed by atoms with Crippen LogP contribution in [0.15, 0.2) is 68.9 Å². The molecule has 28 heavy (non-hydrogen) atoms. The number of fused-ring (bicyclic) bond motifs is 1. The van der Waals surface area contributed by atoms with Crippen LogP contribution in [0.25, 0.3) is 11.2 Å². The molecule has 0 amide bonds. The first-order valence-corrected chi connectivity index (χ1v) is 9.38. The van der Waals surface area contributed by atoms with Crippen molar-refractivity contribution < 1.29 is 4.74 Å². The third-order valence-electron chi connectivity index (χ3n) is 4.55. The van der Waals surface area contributed by atoms with Crippen molar-refractivity contribution in [3.63, 3.8) is 0 Å². The summed E-state index contributed by atoms with van der Waals surface area (Å²) in [4.78, 5) is 29.8. The highest BCUT2D eigenvalue weighted by atomic mass is 79.9. The molecule has 0 aliphatic heterocycles. The van der Waals surface area contributed by atoms with Gasteiger partial charge in [0.1, 0.15) is 11.5 Å². The molecule has 8 heteroatoms. The van der Waals surface area contributed by atoms with Gasteiger partial charge in [0.25, 0.3) is 5.56 Å². The number of ether oxygens (including phenoxy) is 1. The number of rotatable bonds is 4. The van der Waals surface area contributed by atoms with Gasteiger partial charge in [-0.2, -0.15) is 0 Å². The fraction of sp³-hybridized carbons (Fsp3) is 0.150. The lowest BCUT2D eigenvalue weighted by Crippen LogP contribution is -2.39. The Morgan fingerprint density at radius 1 is 0.929 bits per heavy atom. The maximum absolute atomic E-state index is 12.9. The monoisotopic (exact) mass is 440 g/mol. The van der Waals surface area contributed by atoms with E-state index in [-0.39, 0.29) is 12.1 Å². The molecule has 2 aromatic heterocycles. The van der Waals surface area contributed by atoms with Crippen molar-refractivity contribution >= 4 is 27.1 Å². The number of hydrogen-bond donors (Lipinski definition) is 0. The molecule has 0 saturated heterocycles. The largest absolute Gasteiger partial charge is 0.457 e. The van der Waals surface area contributed by atoms with Gasteiger partial charge in [0, 0.05) is 14.1 Å². The molecular weight excluding hydrogens is 424 g/mol. The highest BCUT2D eigenvalue weighted by Crippen LogP contribution is 2.21. The van der Waals surface area contributed by atoms with Gasteiger partial charge in [-0.1, -0.05) is 30.3 Å². The standard InChI is InChI=1S/C20H17BrN4O3/c1-23-16-17(22-19(23)21)24(2)20(27)25(18(16)26)12-13-8-10-15(11-9-13)28-14-6-4-3-5-7-14/h3-11H,12H2,1-2H3. The maximum Gasteiger partial charge on any atom is 0.332 e. The van der Waals surface area contributed by atoms with Gasteiger partial charge < -0.3 is 9.30 Å². The average molecular weight is 441 g/mol. The molecule has 4 aromatic rings. The zero-order valence-corrected chi connectivity index (χ0v) is 16.9. The van der Waals surface area contributed by atoms with Crippen molar-refractivity contribution in [2.75, 3.05) is 0 Å². The van der Waals surface area contributed by atoms with E-state index in [0.29, 0.717) is 21.6 Å². The lowest BCUT2D eigenvalue weighted by atomic mass is 10.2. The maximum atomic E-state index is 12.9. The Bertz CT molecular complexity index is 1270. The molecule has 0 bridgehead atoms. The highest BCUT2D eigenvalue weighted by Gasteiger charge is 2.17. The molecule has 7 nitrogen and oxygen atoms in total. The minimum atomic E-state index is -0.410. The predicted octanol–water partition coefficient (Wildman–Crippen LogP) is 3.04. The molecule has 2 heterocycles. The van der Waals surface area contributed by atoms with Gasteiger partial charge in [0.15, 0.2) is 15.9 Å². The summed E-state index contributed by atoms with van der Waals surface area (Å²) in [5.74, 6) is 1.42. The van der Waals surface area contributed by atoms with Crippen molar-refractivity contribution in [1.29, 1.82) is 0 Å². The molecule has 0 spiro atoms. The second-order valence-corrected chi connectivity index (χ2v) is 7.11. The van der Waals surface area contributed by atoms with Crippen molar-refractivity contribution in [1.82, 2.24) is 18.7 Å². The number of nitrogens with zero attached hydrogens (tertiary/aromatic N) is 4. The van der Waals surface area contributed by atoms with Crippen LogP contribution in [0.5, 0.6) is 11.5 Å². The van der Waals surface area contributed by atoms with E-state index in [1.165, 1.54) is 9.13 Å². The van der Waals surface area contributed by atoms with Gasteiger partial charge in [0.2, 0.25) is 0 Å². The molecule has 142 valence electrons. The summed E-state index contributed by atoms with van der Waals surface area (Å²) in [6.45, 7) is 0.163. The zero-order chi connectivity index (χ0) is 19.8. The second kappa shape index (κ2) is 7.12. The first-order chi connectivity index (χ1) is 13.5. The van der Waals surface area contributed by atoms with E-state index in [4.69, 9.17) is 4.74 Å². The van der Waals surface area contributed by atoms with E-state index in [2.05, 4.69) is 20.9 Å². The Kier molecular flexibility index (Phi) is 4.64. The molecule has 0 N–H and O–H groups in total. The zero-order valence-electron chi connectivity index (χ0n) is 15.3. The van der Waals surface area contributed by atoms with E-state index >= 15 is 0 Å². The van der Waals surface area contributed by atoms with Gasteiger partial charge in [-0.05, 0) is 45.8 Å². The van der Waals surface area contributed by atoms with Gasteiger partial charge in [-0.3, -0.25) is 13.9 Å². The number of benzene rings is 2. The SMILES string of the molecule is Cn1c(Br)nc2c1c(=O)n(Cc1ccc(Oc3ccccc3)cc1)c(=O)n2C. The fourth-order valence-corrected chi connectivity index (χ4v) is 3.37. The van der Waals surface area contributed by atoms with Crippen molar-refractivity contribution in [3.8, 4) is 11.5 Å². The fourth-order valence-electron chi connectivity index (χ4n) is 3.03. The number of imidazole rings is 1. The van der Waals surface area contributed by atoms with E-state index in [1.54, 1.807) is 18.7 Å². The summed E-state index contributed by atoms with van der Waals surface area (Å²) < 4.78 is 10.5. The van der Waals surface area contributed by atoms with Crippen LogP contribution in [-0.4, -0.2) is 18.7 Å². The van der Waals surface area contributed by atoms with Gasteiger partial charge in [-0.25, -0.2) is 9.78 Å². The summed E-state index contributed by atoms with van der Waals surface area (Å²) in [7, 11) is 3.34. The van der Waals surface area contributed by atoms with Crippen molar-refractivity contribution in [2.24, 2.45) is 14.1 Å². The lowest BCUT2D eigenvalue weighted by molar-refractivity contribution is 0.482. The van der Waals surface area contributed by atoms with Crippen LogP contribution >= 0.6 is 15.9 Å². The lowest BCUT2D eigenvalue weighted by Gasteiger charge is -2.10. The molecule has 0 radical (unpaired) electrons. The van der Waals surface area contributed by atoms with Crippen molar-refractivity contribution in [3.05, 3.63) is 85.7 Å². The van der Waals surface area contributed by atoms with E-state index in [9.17, 15) is 9.59 Å². The molecule has 0 unspecified atom stereocenters. The summed E-state index contributed by atoms with van der Waals surface area (Å²) in [6.07, 6.45) is 0. The molecule has 0 atom stereocenters.